The molecule has 1 N–H and O–H groups in total. The molecule has 0 radical (unpaired) electrons. The van der Waals surface area contributed by atoms with Crippen LogP contribution in [0.25, 0.3) is 0 Å². The molecule has 0 fully saturated rings. The van der Waals surface area contributed by atoms with E-state index in [1.165, 1.54) is 0 Å². The van der Waals surface area contributed by atoms with Crippen molar-refractivity contribution in [2.75, 3.05) is 0 Å². The second kappa shape index (κ2) is 3.93. The summed E-state index contributed by atoms with van der Waals surface area (Å²) >= 11 is 1.63. The van der Waals surface area contributed by atoms with Crippen LogP contribution in [-0.2, 0) is 0 Å². The van der Waals surface area contributed by atoms with Crippen molar-refractivity contribution in [3.8, 4) is 0 Å². The Bertz CT molecular complexity index is 45.6. The van der Waals surface area contributed by atoms with E-state index in [1.54, 1.807) is 22.9 Å². The third-order valence-electron chi connectivity index (χ3n) is 0.0785. The van der Waals surface area contributed by atoms with Gasteiger partial charge in [-0.25, -0.2) is 0 Å². The number of hydrogen-bond acceptors (Lipinski definition) is 2. The minimum absolute atomic E-state index is 1.63. The highest BCUT2D eigenvalue weighted by atomic mass is 127. The maximum Gasteiger partial charge on any atom is 0.113 e. The van der Waals surface area contributed by atoms with Crippen molar-refractivity contribution >= 4 is 22.9 Å². The molecule has 0 aromatic heterocycles. The van der Waals surface area contributed by atoms with Crippen LogP contribution < -0.4 is 0 Å². The van der Waals surface area contributed by atoms with Crippen LogP contribution in [0.15, 0.2) is 13.8 Å². The predicted molar refractivity (Wildman–Crippen MR) is 24.0 cm³/mol. The van der Waals surface area contributed by atoms with Gasteiger partial charge in [-0.1, -0.05) is 3.33 Å². The van der Waals surface area contributed by atoms with Gasteiger partial charge >= 0.3 is 0 Å². The second-order valence-corrected chi connectivity index (χ2v) is 0.697. The van der Waals surface area contributed by atoms with Gasteiger partial charge in [0, 0.05) is 0 Å². The lowest BCUT2D eigenvalue weighted by atomic mass is 12.6. The van der Waals surface area contributed by atoms with E-state index < -0.39 is 0 Å². The number of halogens is 1. The lowest BCUT2D eigenvalue weighted by molar-refractivity contribution is 0.938. The molecule has 0 unspecified atom stereocenters. The minimum Gasteiger partial charge on any atom is -0.183 e. The first-order valence-electron chi connectivity index (χ1n) is 0.793. The Labute approximate surface area is 42.6 Å². The Kier molecular flexibility index (Phi) is 3.87. The van der Waals surface area contributed by atoms with Crippen LogP contribution in [0.4, 0.5) is 0 Å². The second-order valence-electron chi connectivity index (χ2n) is 0.265. The van der Waals surface area contributed by atoms with Gasteiger partial charge in [-0.15, -0.1) is 0 Å². The normalized spacial score (nSPS) is 9.00. The fraction of sp³-hybridized carbons (Fsp3) is 0. The molecule has 28 valence electrons. The molecule has 0 aromatic rings. The summed E-state index contributed by atoms with van der Waals surface area (Å²) in [5.74, 6) is 0. The molecule has 4 nitrogen and oxygen atoms in total. The summed E-state index contributed by atoms with van der Waals surface area (Å²) in [5.41, 5.74) is 5.96. The summed E-state index contributed by atoms with van der Waals surface area (Å²) in [6.45, 7) is 0. The molecule has 0 rings (SSSR count). The molecule has 0 aliphatic carbocycles. The third-order valence-corrected chi connectivity index (χ3v) is 0.272. The summed E-state index contributed by atoms with van der Waals surface area (Å²) in [6, 6.07) is 0. The van der Waals surface area contributed by atoms with Crippen molar-refractivity contribution in [2.45, 2.75) is 0 Å². The Hall–Kier alpha value is -0.0700. The molecule has 0 saturated carbocycles. The predicted octanol–water partition coefficient (Wildman–Crippen LogP) is 1.73. The van der Waals surface area contributed by atoms with Crippen molar-refractivity contribution in [3.63, 3.8) is 0 Å². The Morgan fingerprint density at radius 3 is 2.20 bits per heavy atom. The summed E-state index contributed by atoms with van der Waals surface area (Å²) in [4.78, 5) is 0. The first-order chi connectivity index (χ1) is 2.41. The van der Waals surface area contributed by atoms with Gasteiger partial charge < -0.3 is 0 Å². The van der Waals surface area contributed by atoms with E-state index >= 15 is 0 Å². The summed E-state index contributed by atoms with van der Waals surface area (Å²) < 4.78 is 3.10. The molecule has 0 aliphatic heterocycles. The Morgan fingerprint density at radius 2 is 2.20 bits per heavy atom. The Morgan fingerprint density at radius 1 is 1.60 bits per heavy atom. The monoisotopic (exact) mass is 184 g/mol. The van der Waals surface area contributed by atoms with Crippen molar-refractivity contribution < 1.29 is 0 Å². The largest absolute Gasteiger partial charge is 0.183 e. The van der Waals surface area contributed by atoms with Gasteiger partial charge in [-0.2, -0.15) is 5.53 Å². The highest BCUT2D eigenvalue weighted by Gasteiger charge is 1.45. The number of hydrogen-bond donors (Lipinski definition) is 1. The smallest absolute Gasteiger partial charge is 0.113 e. The Balaban J connectivity index is 2.92. The molecule has 0 bridgehead atoms. The third kappa shape index (κ3) is 3.93. The number of nitrogens with one attached hydrogen (secondary N) is 1. The number of rotatable bonds is 1. The van der Waals surface area contributed by atoms with Gasteiger partial charge in [-0.05, 0) is 10.4 Å². The van der Waals surface area contributed by atoms with Gasteiger partial charge in [-0.3, -0.25) is 0 Å². The van der Waals surface area contributed by atoms with Crippen LogP contribution in [0.1, 0.15) is 0 Å². The van der Waals surface area contributed by atoms with E-state index in [9.17, 15) is 0 Å². The fourth-order valence-electron chi connectivity index (χ4n) is 0.0169. The molecule has 0 amide bonds. The van der Waals surface area contributed by atoms with E-state index in [0.29, 0.717) is 0 Å². The zero-order valence-corrected chi connectivity index (χ0v) is 4.38. The summed E-state index contributed by atoms with van der Waals surface area (Å²) in [6.07, 6.45) is 0. The fourth-order valence-corrected chi connectivity index (χ4v) is 0.113. The van der Waals surface area contributed by atoms with Crippen LogP contribution >= 0.6 is 22.9 Å². The molecule has 5 heavy (non-hydrogen) atoms. The van der Waals surface area contributed by atoms with Crippen LogP contribution in [0.3, 0.4) is 0 Å². The van der Waals surface area contributed by atoms with Crippen molar-refractivity contribution in [1.82, 2.24) is 0 Å². The topological polar surface area (TPSA) is 60.9 Å². The molecule has 5 heteroatoms. The highest BCUT2D eigenvalue weighted by molar-refractivity contribution is 14.1. The summed E-state index contributed by atoms with van der Waals surface area (Å²) in [7, 11) is 0. The molecule has 0 saturated heterocycles. The molecule has 0 heterocycles. The standard InChI is InChI=1S/HIN4/c1-3-5-4-2/h2H/b4-2?,5-3+. The van der Waals surface area contributed by atoms with Crippen molar-refractivity contribution in [3.05, 3.63) is 0 Å². The van der Waals surface area contributed by atoms with Gasteiger partial charge in [0.05, 0.1) is 0 Å². The van der Waals surface area contributed by atoms with Gasteiger partial charge in [0.2, 0.25) is 0 Å². The highest BCUT2D eigenvalue weighted by Crippen LogP contribution is 1.82. The summed E-state index contributed by atoms with van der Waals surface area (Å²) in [5, 5.41) is 5.43. The van der Waals surface area contributed by atoms with Gasteiger partial charge in [0.1, 0.15) is 22.9 Å². The maximum atomic E-state index is 5.96. The molecule has 0 spiro atoms. The van der Waals surface area contributed by atoms with E-state index in [2.05, 4.69) is 13.8 Å². The van der Waals surface area contributed by atoms with E-state index in [-0.39, 0.29) is 0 Å². The molecule has 0 aromatic carbocycles. The van der Waals surface area contributed by atoms with Crippen molar-refractivity contribution in [1.29, 1.82) is 5.53 Å². The van der Waals surface area contributed by atoms with Crippen LogP contribution in [0, 0.1) is 5.53 Å². The van der Waals surface area contributed by atoms with Crippen LogP contribution in [-0.4, -0.2) is 0 Å². The first kappa shape index (κ1) is 4.93. The first-order valence-corrected chi connectivity index (χ1v) is 1.76. The van der Waals surface area contributed by atoms with Gasteiger partial charge in [0.25, 0.3) is 0 Å². The average molecular weight is 184 g/mol. The van der Waals surface area contributed by atoms with Gasteiger partial charge in [0.15, 0.2) is 0 Å². The SMILES string of the molecule is N=N/N=N/I. The van der Waals surface area contributed by atoms with Crippen LogP contribution in [0.2, 0.25) is 0 Å². The number of nitrogens with zero attached hydrogens (tertiary/aromatic N) is 3. The minimum atomic E-state index is 1.63. The average Bonchev–Trinajstić information content (AvgIpc) is 1.41. The van der Waals surface area contributed by atoms with E-state index in [0.717, 1.165) is 0 Å². The van der Waals surface area contributed by atoms with Crippen LogP contribution in [0.5, 0.6) is 0 Å². The van der Waals surface area contributed by atoms with E-state index in [4.69, 9.17) is 5.53 Å². The lowest BCUT2D eigenvalue weighted by Crippen LogP contribution is -1.26. The maximum absolute atomic E-state index is 5.96. The molecular formula is HIN4. The molecule has 0 atom stereocenters. The molecular weight excluding hydrogens is 183 g/mol. The molecule has 0 aliphatic rings. The van der Waals surface area contributed by atoms with E-state index in [1.807, 2.05) is 0 Å². The lowest BCUT2D eigenvalue weighted by Gasteiger charge is -1.52. The zero-order chi connectivity index (χ0) is 4.12. The quantitative estimate of drug-likeness (QED) is 0.366. The zero-order valence-electron chi connectivity index (χ0n) is 2.22. The van der Waals surface area contributed by atoms with Crippen molar-refractivity contribution in [2.24, 2.45) is 13.8 Å².